The summed E-state index contributed by atoms with van der Waals surface area (Å²) in [4.78, 5) is 51.0. The Morgan fingerprint density at radius 1 is 1.23 bits per heavy atom. The first-order chi connectivity index (χ1) is 14.1. The standard InChI is InChI=1S/C18H27N3O8S.ClH/c1-6-9(2)27-18(25)29-10(3)28-16(23)13-11(7-26-17(24)20(4)5)8-30-15-12(19)14(22)21(13)15;/h9-10,12,15H,6-8,19H2,1-5H3;1H/t9?,10?,12?,15-;/m1./s1. The number of hydrogen-bond acceptors (Lipinski definition) is 10. The van der Waals surface area contributed by atoms with Crippen molar-refractivity contribution in [2.45, 2.75) is 51.0 Å². The summed E-state index contributed by atoms with van der Waals surface area (Å²) in [7, 11) is 3.04. The molecule has 2 aliphatic heterocycles. The molecule has 1 fully saturated rings. The van der Waals surface area contributed by atoms with Gasteiger partial charge in [0.05, 0.1) is 0 Å². The average molecular weight is 482 g/mol. The predicted octanol–water partition coefficient (Wildman–Crippen LogP) is 1.44. The van der Waals surface area contributed by atoms with Crippen LogP contribution < -0.4 is 5.73 Å². The number of β-lactam (4-membered cyclic amide) rings is 1. The van der Waals surface area contributed by atoms with Crippen molar-refractivity contribution < 1.29 is 38.1 Å². The molecule has 3 unspecified atom stereocenters. The van der Waals surface area contributed by atoms with E-state index in [1.807, 2.05) is 6.92 Å². The third kappa shape index (κ3) is 6.40. The largest absolute Gasteiger partial charge is 0.511 e. The fourth-order valence-corrected chi connectivity index (χ4v) is 3.87. The lowest BCUT2D eigenvalue weighted by Gasteiger charge is -2.48. The summed E-state index contributed by atoms with van der Waals surface area (Å²) in [5, 5.41) is -0.417. The average Bonchev–Trinajstić information content (AvgIpc) is 2.69. The number of hydrogen-bond donors (Lipinski definition) is 1. The zero-order chi connectivity index (χ0) is 22.6. The van der Waals surface area contributed by atoms with Crippen LogP contribution in [0.5, 0.6) is 0 Å². The molecule has 2 aliphatic rings. The Hall–Kier alpha value is -2.18. The minimum Gasteiger partial charge on any atom is -0.445 e. The van der Waals surface area contributed by atoms with Gasteiger partial charge in [0.15, 0.2) is 0 Å². The van der Waals surface area contributed by atoms with E-state index in [2.05, 4.69) is 0 Å². The molecule has 0 aromatic carbocycles. The van der Waals surface area contributed by atoms with Crippen molar-refractivity contribution in [2.75, 3.05) is 26.5 Å². The van der Waals surface area contributed by atoms with Crippen molar-refractivity contribution in [1.29, 1.82) is 0 Å². The molecule has 13 heteroatoms. The van der Waals surface area contributed by atoms with Crippen LogP contribution in [0.4, 0.5) is 9.59 Å². The molecule has 0 bridgehead atoms. The maximum Gasteiger partial charge on any atom is 0.511 e. The number of esters is 1. The molecule has 11 nitrogen and oxygen atoms in total. The van der Waals surface area contributed by atoms with E-state index in [0.717, 1.165) is 0 Å². The third-order valence-corrected chi connectivity index (χ3v) is 5.78. The molecule has 0 saturated carbocycles. The highest BCUT2D eigenvalue weighted by Crippen LogP contribution is 2.40. The number of rotatable bonds is 7. The molecule has 0 aromatic rings. The van der Waals surface area contributed by atoms with Gasteiger partial charge in [0, 0.05) is 32.3 Å². The molecular formula is C18H28ClN3O8S. The van der Waals surface area contributed by atoms with E-state index >= 15 is 0 Å². The molecule has 4 atom stereocenters. The van der Waals surface area contributed by atoms with E-state index in [9.17, 15) is 19.2 Å². The zero-order valence-corrected chi connectivity index (χ0v) is 19.6. The number of fused-ring (bicyclic) bond motifs is 1. The Kier molecular flexibility index (Phi) is 9.91. The monoisotopic (exact) mass is 481 g/mol. The molecule has 0 aliphatic carbocycles. The second kappa shape index (κ2) is 11.4. The lowest BCUT2D eigenvalue weighted by molar-refractivity contribution is -0.169. The summed E-state index contributed by atoms with van der Waals surface area (Å²) in [6.45, 7) is 4.68. The quantitative estimate of drug-likeness (QED) is 0.246. The SMILES string of the molecule is CCC(C)OC(=O)OC(C)OC(=O)C1=C(COC(=O)N(C)C)CS[C@@H]2C(N)C(=O)N12.Cl. The van der Waals surface area contributed by atoms with E-state index in [4.69, 9.17) is 24.7 Å². The predicted molar refractivity (Wildman–Crippen MR) is 113 cm³/mol. The lowest BCUT2D eigenvalue weighted by atomic mass is 10.0. The van der Waals surface area contributed by atoms with Crippen molar-refractivity contribution in [3.63, 3.8) is 0 Å². The molecule has 0 radical (unpaired) electrons. The number of nitrogens with two attached hydrogens (primary N) is 1. The summed E-state index contributed by atoms with van der Waals surface area (Å²) < 4.78 is 20.2. The first-order valence-electron chi connectivity index (χ1n) is 9.41. The van der Waals surface area contributed by atoms with Gasteiger partial charge in [0.2, 0.25) is 12.2 Å². The van der Waals surface area contributed by atoms with Crippen molar-refractivity contribution in [2.24, 2.45) is 5.73 Å². The van der Waals surface area contributed by atoms with Crippen LogP contribution in [0.1, 0.15) is 27.2 Å². The summed E-state index contributed by atoms with van der Waals surface area (Å²) in [6.07, 6.45) is -2.58. The fraction of sp³-hybridized carbons (Fsp3) is 0.667. The van der Waals surface area contributed by atoms with Crippen molar-refractivity contribution in [3.05, 3.63) is 11.3 Å². The molecule has 0 aromatic heterocycles. The van der Waals surface area contributed by atoms with Gasteiger partial charge in [0.25, 0.3) is 0 Å². The number of carbonyl (C=O) groups excluding carboxylic acids is 4. The van der Waals surface area contributed by atoms with Crippen LogP contribution in [0.25, 0.3) is 0 Å². The molecule has 31 heavy (non-hydrogen) atoms. The topological polar surface area (TPSA) is 138 Å². The smallest absolute Gasteiger partial charge is 0.445 e. The van der Waals surface area contributed by atoms with Crippen LogP contribution in [-0.2, 0) is 28.5 Å². The van der Waals surface area contributed by atoms with E-state index in [-0.39, 0.29) is 30.8 Å². The normalized spacial score (nSPS) is 21.6. The Bertz CT molecular complexity index is 747. The first-order valence-corrected chi connectivity index (χ1v) is 10.5. The van der Waals surface area contributed by atoms with Crippen LogP contribution in [0.3, 0.4) is 0 Å². The van der Waals surface area contributed by atoms with Crippen LogP contribution in [-0.4, -0.2) is 84.2 Å². The van der Waals surface area contributed by atoms with Gasteiger partial charge in [-0.1, -0.05) is 6.92 Å². The van der Waals surface area contributed by atoms with Crippen molar-refractivity contribution >= 4 is 48.3 Å². The summed E-state index contributed by atoms with van der Waals surface area (Å²) in [5.74, 6) is -1.01. The molecule has 2 amide bonds. The van der Waals surface area contributed by atoms with Gasteiger partial charge in [-0.05, 0) is 13.3 Å². The van der Waals surface area contributed by atoms with E-state index in [1.165, 1.54) is 42.6 Å². The Balaban J connectivity index is 0.00000480. The highest BCUT2D eigenvalue weighted by molar-refractivity contribution is 8.00. The van der Waals surface area contributed by atoms with Gasteiger partial charge < -0.3 is 29.6 Å². The van der Waals surface area contributed by atoms with E-state index in [0.29, 0.717) is 17.7 Å². The van der Waals surface area contributed by atoms with Gasteiger partial charge in [-0.2, -0.15) is 0 Å². The minimum atomic E-state index is -1.26. The highest BCUT2D eigenvalue weighted by atomic mass is 35.5. The van der Waals surface area contributed by atoms with Crippen molar-refractivity contribution in [1.82, 2.24) is 9.80 Å². The van der Waals surface area contributed by atoms with Crippen LogP contribution >= 0.6 is 24.2 Å². The molecule has 176 valence electrons. The summed E-state index contributed by atoms with van der Waals surface area (Å²) in [5.41, 5.74) is 6.15. The second-order valence-corrected chi connectivity index (χ2v) is 8.12. The molecule has 2 N–H and O–H groups in total. The van der Waals surface area contributed by atoms with Gasteiger partial charge >= 0.3 is 18.2 Å². The number of amides is 2. The van der Waals surface area contributed by atoms with E-state index < -0.39 is 41.8 Å². The first kappa shape index (κ1) is 26.9. The number of thioether (sulfide) groups is 1. The Morgan fingerprint density at radius 2 is 1.87 bits per heavy atom. The minimum absolute atomic E-state index is 0. The molecule has 1 saturated heterocycles. The fourth-order valence-electron chi connectivity index (χ4n) is 2.60. The Morgan fingerprint density at radius 3 is 2.45 bits per heavy atom. The third-order valence-electron chi connectivity index (χ3n) is 4.42. The highest BCUT2D eigenvalue weighted by Gasteiger charge is 2.52. The second-order valence-electron chi connectivity index (χ2n) is 7.01. The summed E-state index contributed by atoms with van der Waals surface area (Å²) in [6, 6.07) is -0.733. The zero-order valence-electron chi connectivity index (χ0n) is 18.0. The number of nitrogens with zero attached hydrogens (tertiary/aromatic N) is 2. The maximum atomic E-state index is 12.8. The van der Waals surface area contributed by atoms with Gasteiger partial charge in [-0.25, -0.2) is 14.4 Å². The van der Waals surface area contributed by atoms with Crippen LogP contribution in [0, 0.1) is 0 Å². The molecule has 2 heterocycles. The van der Waals surface area contributed by atoms with Crippen LogP contribution in [0.2, 0.25) is 0 Å². The van der Waals surface area contributed by atoms with Crippen molar-refractivity contribution in [3.8, 4) is 0 Å². The number of carbonyl (C=O) groups is 4. The van der Waals surface area contributed by atoms with Crippen LogP contribution in [0.15, 0.2) is 11.3 Å². The summed E-state index contributed by atoms with van der Waals surface area (Å²) >= 11 is 1.36. The van der Waals surface area contributed by atoms with Gasteiger partial charge in [-0.3, -0.25) is 9.69 Å². The van der Waals surface area contributed by atoms with Gasteiger partial charge in [-0.15, -0.1) is 24.2 Å². The van der Waals surface area contributed by atoms with E-state index in [1.54, 1.807) is 6.92 Å². The van der Waals surface area contributed by atoms with Gasteiger partial charge in [0.1, 0.15) is 29.8 Å². The maximum absolute atomic E-state index is 12.8. The molecular weight excluding hydrogens is 454 g/mol. The lowest BCUT2D eigenvalue weighted by Crippen LogP contribution is -2.68. The number of halogens is 1. The number of ether oxygens (including phenoxy) is 4. The molecule has 0 spiro atoms. The molecule has 2 rings (SSSR count). The Labute approximate surface area is 190 Å².